The maximum atomic E-state index is 11.0. The van der Waals surface area contributed by atoms with Crippen LogP contribution in [0.15, 0.2) is 35.8 Å². The summed E-state index contributed by atoms with van der Waals surface area (Å²) in [5.74, 6) is -0.193. The highest BCUT2D eigenvalue weighted by Crippen LogP contribution is 2.22. The standard InChI is InChI=1S/C11H11N3OS/c12-7-10(15)14-9-3-1-8(2-4-9)11-13-5-6-16-11/h1-6H,7,12H2,(H,14,15). The molecule has 0 fully saturated rings. The Morgan fingerprint density at radius 2 is 2.12 bits per heavy atom. The van der Waals surface area contributed by atoms with Gasteiger partial charge in [-0.3, -0.25) is 4.79 Å². The molecule has 0 radical (unpaired) electrons. The highest BCUT2D eigenvalue weighted by atomic mass is 32.1. The molecular formula is C11H11N3OS. The summed E-state index contributed by atoms with van der Waals surface area (Å²) in [5.41, 5.74) is 7.00. The van der Waals surface area contributed by atoms with Gasteiger partial charge in [0.2, 0.25) is 5.91 Å². The van der Waals surface area contributed by atoms with Gasteiger partial charge in [-0.1, -0.05) is 0 Å². The van der Waals surface area contributed by atoms with E-state index in [4.69, 9.17) is 5.73 Å². The molecule has 3 N–H and O–H groups in total. The van der Waals surface area contributed by atoms with Crippen LogP contribution in [0.3, 0.4) is 0 Å². The van der Waals surface area contributed by atoms with Crippen LogP contribution in [0.1, 0.15) is 0 Å². The van der Waals surface area contributed by atoms with Crippen molar-refractivity contribution in [3.63, 3.8) is 0 Å². The molecule has 0 atom stereocenters. The number of hydrogen-bond acceptors (Lipinski definition) is 4. The molecule has 2 rings (SSSR count). The van der Waals surface area contributed by atoms with E-state index in [-0.39, 0.29) is 12.5 Å². The smallest absolute Gasteiger partial charge is 0.238 e. The van der Waals surface area contributed by atoms with E-state index < -0.39 is 0 Å². The highest BCUT2D eigenvalue weighted by Gasteiger charge is 2.01. The van der Waals surface area contributed by atoms with Crippen molar-refractivity contribution in [1.29, 1.82) is 0 Å². The van der Waals surface area contributed by atoms with Crippen LogP contribution in [0.25, 0.3) is 10.6 Å². The SMILES string of the molecule is NCC(=O)Nc1ccc(-c2nccs2)cc1. The number of carbonyl (C=O) groups is 1. The van der Waals surface area contributed by atoms with Crippen molar-refractivity contribution >= 4 is 22.9 Å². The Labute approximate surface area is 97.1 Å². The van der Waals surface area contributed by atoms with E-state index in [9.17, 15) is 4.79 Å². The van der Waals surface area contributed by atoms with Gasteiger partial charge in [-0.05, 0) is 24.3 Å². The Morgan fingerprint density at radius 3 is 2.69 bits per heavy atom. The normalized spacial score (nSPS) is 10.1. The zero-order valence-electron chi connectivity index (χ0n) is 8.51. The van der Waals surface area contributed by atoms with Gasteiger partial charge in [0.1, 0.15) is 5.01 Å². The molecule has 1 heterocycles. The van der Waals surface area contributed by atoms with E-state index in [2.05, 4.69) is 10.3 Å². The van der Waals surface area contributed by atoms with Crippen molar-refractivity contribution in [3.8, 4) is 10.6 Å². The average Bonchev–Trinajstić information content (AvgIpc) is 2.83. The number of aromatic nitrogens is 1. The molecule has 0 aliphatic heterocycles. The Balaban J connectivity index is 2.14. The van der Waals surface area contributed by atoms with Crippen molar-refractivity contribution in [2.24, 2.45) is 5.73 Å². The second-order valence-corrected chi connectivity index (χ2v) is 4.06. The minimum Gasteiger partial charge on any atom is -0.325 e. The third kappa shape index (κ3) is 2.44. The number of benzene rings is 1. The van der Waals surface area contributed by atoms with E-state index in [1.807, 2.05) is 29.6 Å². The first-order valence-corrected chi connectivity index (χ1v) is 5.67. The number of amides is 1. The lowest BCUT2D eigenvalue weighted by atomic mass is 10.2. The van der Waals surface area contributed by atoms with Crippen molar-refractivity contribution in [2.45, 2.75) is 0 Å². The zero-order chi connectivity index (χ0) is 11.4. The number of nitrogens with zero attached hydrogens (tertiary/aromatic N) is 1. The summed E-state index contributed by atoms with van der Waals surface area (Å²) in [4.78, 5) is 15.3. The Bertz CT molecular complexity index is 464. The van der Waals surface area contributed by atoms with E-state index in [1.165, 1.54) is 0 Å². The molecule has 2 aromatic rings. The molecule has 0 bridgehead atoms. The fourth-order valence-electron chi connectivity index (χ4n) is 1.27. The molecule has 0 saturated heterocycles. The molecule has 0 saturated carbocycles. The molecule has 5 heteroatoms. The molecule has 0 aliphatic rings. The van der Waals surface area contributed by atoms with Crippen LogP contribution in [-0.2, 0) is 4.79 Å². The predicted octanol–water partition coefficient (Wildman–Crippen LogP) is 1.71. The van der Waals surface area contributed by atoms with Crippen molar-refractivity contribution in [1.82, 2.24) is 4.98 Å². The fourth-order valence-corrected chi connectivity index (χ4v) is 1.92. The van der Waals surface area contributed by atoms with Gasteiger partial charge in [-0.2, -0.15) is 0 Å². The molecule has 1 aromatic carbocycles. The molecule has 82 valence electrons. The number of hydrogen-bond donors (Lipinski definition) is 2. The van der Waals surface area contributed by atoms with Gasteiger partial charge in [0.05, 0.1) is 6.54 Å². The Morgan fingerprint density at radius 1 is 1.38 bits per heavy atom. The van der Waals surface area contributed by atoms with E-state index in [1.54, 1.807) is 17.5 Å². The van der Waals surface area contributed by atoms with Crippen molar-refractivity contribution in [3.05, 3.63) is 35.8 Å². The number of thiazole rings is 1. The van der Waals surface area contributed by atoms with Crippen LogP contribution in [0, 0.1) is 0 Å². The van der Waals surface area contributed by atoms with Crippen LogP contribution in [0.2, 0.25) is 0 Å². The molecule has 16 heavy (non-hydrogen) atoms. The summed E-state index contributed by atoms with van der Waals surface area (Å²) in [6, 6.07) is 7.52. The molecule has 1 amide bonds. The average molecular weight is 233 g/mol. The van der Waals surface area contributed by atoms with Crippen LogP contribution in [0.5, 0.6) is 0 Å². The highest BCUT2D eigenvalue weighted by molar-refractivity contribution is 7.13. The van der Waals surface area contributed by atoms with Gasteiger partial charge in [0.15, 0.2) is 0 Å². The monoisotopic (exact) mass is 233 g/mol. The number of carbonyl (C=O) groups excluding carboxylic acids is 1. The Kier molecular flexibility index (Phi) is 3.28. The summed E-state index contributed by atoms with van der Waals surface area (Å²) < 4.78 is 0. The van der Waals surface area contributed by atoms with Crippen LogP contribution >= 0.6 is 11.3 Å². The van der Waals surface area contributed by atoms with Crippen LogP contribution in [-0.4, -0.2) is 17.4 Å². The number of rotatable bonds is 3. The largest absolute Gasteiger partial charge is 0.325 e. The van der Waals surface area contributed by atoms with Gasteiger partial charge >= 0.3 is 0 Å². The van der Waals surface area contributed by atoms with Crippen molar-refractivity contribution < 1.29 is 4.79 Å². The number of nitrogens with one attached hydrogen (secondary N) is 1. The van der Waals surface area contributed by atoms with E-state index in [0.29, 0.717) is 0 Å². The molecule has 0 unspecified atom stereocenters. The third-order valence-corrected chi connectivity index (χ3v) is 2.86. The zero-order valence-corrected chi connectivity index (χ0v) is 9.33. The molecule has 0 aliphatic carbocycles. The molecule has 4 nitrogen and oxygen atoms in total. The summed E-state index contributed by atoms with van der Waals surface area (Å²) in [6.45, 7) is -0.00572. The predicted molar refractivity (Wildman–Crippen MR) is 65.2 cm³/mol. The minimum absolute atomic E-state index is 0.00572. The maximum Gasteiger partial charge on any atom is 0.238 e. The second-order valence-electron chi connectivity index (χ2n) is 3.17. The summed E-state index contributed by atoms with van der Waals surface area (Å²) >= 11 is 1.58. The fraction of sp³-hybridized carbons (Fsp3) is 0.0909. The van der Waals surface area contributed by atoms with Gasteiger partial charge in [0, 0.05) is 22.8 Å². The summed E-state index contributed by atoms with van der Waals surface area (Å²) in [5, 5.41) is 5.58. The molecule has 1 aromatic heterocycles. The van der Waals surface area contributed by atoms with E-state index in [0.717, 1.165) is 16.3 Å². The summed E-state index contributed by atoms with van der Waals surface area (Å²) in [6.07, 6.45) is 1.77. The van der Waals surface area contributed by atoms with Gasteiger partial charge in [-0.15, -0.1) is 11.3 Å². The first-order valence-electron chi connectivity index (χ1n) is 4.79. The maximum absolute atomic E-state index is 11.0. The van der Waals surface area contributed by atoms with Crippen molar-refractivity contribution in [2.75, 3.05) is 11.9 Å². The van der Waals surface area contributed by atoms with Gasteiger partial charge < -0.3 is 11.1 Å². The van der Waals surface area contributed by atoms with E-state index >= 15 is 0 Å². The minimum atomic E-state index is -0.193. The van der Waals surface area contributed by atoms with Gasteiger partial charge in [0.25, 0.3) is 0 Å². The quantitative estimate of drug-likeness (QED) is 0.848. The Hall–Kier alpha value is -1.72. The second kappa shape index (κ2) is 4.87. The lowest BCUT2D eigenvalue weighted by Gasteiger charge is -2.03. The lowest BCUT2D eigenvalue weighted by molar-refractivity contribution is -0.114. The molecular weight excluding hydrogens is 222 g/mol. The lowest BCUT2D eigenvalue weighted by Crippen LogP contribution is -2.21. The van der Waals surface area contributed by atoms with Gasteiger partial charge in [-0.25, -0.2) is 4.98 Å². The number of nitrogens with two attached hydrogens (primary N) is 1. The van der Waals surface area contributed by atoms with Crippen LogP contribution in [0.4, 0.5) is 5.69 Å². The topological polar surface area (TPSA) is 68.0 Å². The summed E-state index contributed by atoms with van der Waals surface area (Å²) in [7, 11) is 0. The molecule has 0 spiro atoms. The van der Waals surface area contributed by atoms with Crippen LogP contribution < -0.4 is 11.1 Å². The first kappa shape index (κ1) is 10.8. The third-order valence-electron chi connectivity index (χ3n) is 2.03. The first-order chi connectivity index (χ1) is 7.79. The number of anilines is 1.